The Morgan fingerprint density at radius 2 is 2.15 bits per heavy atom. The van der Waals surface area contributed by atoms with E-state index in [1.807, 2.05) is 0 Å². The molecule has 1 unspecified atom stereocenters. The Balaban J connectivity index is 2.32. The van der Waals surface area contributed by atoms with Crippen LogP contribution in [-0.4, -0.2) is 47.0 Å². The van der Waals surface area contributed by atoms with Gasteiger partial charge in [0.1, 0.15) is 5.75 Å². The van der Waals surface area contributed by atoms with E-state index in [0.717, 1.165) is 0 Å². The quantitative estimate of drug-likeness (QED) is 0.646. The maximum atomic E-state index is 12.5. The second kappa shape index (κ2) is 8.01. The monoisotopic (exact) mass is 393 g/mol. The largest absolute Gasteiger partial charge is 0.611 e. The number of carbonyl (C=O) groups excluding carboxylic acids is 1. The molecule has 1 aliphatic rings. The maximum absolute atomic E-state index is 12.5. The van der Waals surface area contributed by atoms with E-state index < -0.39 is 29.9 Å². The van der Waals surface area contributed by atoms with Crippen molar-refractivity contribution in [2.24, 2.45) is 5.10 Å². The van der Waals surface area contributed by atoms with Gasteiger partial charge in [-0.25, -0.2) is 5.53 Å². The molecular formula is C14H18F3N5O3S. The predicted octanol–water partition coefficient (Wildman–Crippen LogP) is 1.02. The van der Waals surface area contributed by atoms with E-state index in [2.05, 4.69) is 21.5 Å². The van der Waals surface area contributed by atoms with Crippen molar-refractivity contribution in [2.75, 3.05) is 19.4 Å². The first-order valence-electron chi connectivity index (χ1n) is 7.49. The molecule has 3 N–H and O–H groups in total. The highest BCUT2D eigenvalue weighted by Crippen LogP contribution is 2.32. The second-order valence-electron chi connectivity index (χ2n) is 5.28. The molecule has 1 atom stereocenters. The van der Waals surface area contributed by atoms with E-state index in [-0.39, 0.29) is 33.5 Å². The second-order valence-corrected chi connectivity index (χ2v) is 6.95. The Morgan fingerprint density at radius 1 is 1.46 bits per heavy atom. The van der Waals surface area contributed by atoms with Gasteiger partial charge in [0.25, 0.3) is 5.91 Å². The highest BCUT2D eigenvalue weighted by atomic mass is 32.2. The molecule has 0 radical (unpaired) electrons. The highest BCUT2D eigenvalue weighted by molar-refractivity contribution is 7.91. The van der Waals surface area contributed by atoms with Crippen LogP contribution in [-0.2, 0) is 11.2 Å². The van der Waals surface area contributed by atoms with Gasteiger partial charge in [-0.2, -0.15) is 13.2 Å². The molecule has 0 saturated carbocycles. The number of nitrogens with zero attached hydrogens (tertiary/aromatic N) is 2. The molecule has 144 valence electrons. The van der Waals surface area contributed by atoms with E-state index in [1.165, 1.54) is 24.1 Å². The zero-order valence-electron chi connectivity index (χ0n) is 14.2. The Labute approximate surface area is 150 Å². The smallest absolute Gasteiger partial charge is 0.422 e. The number of rotatable bonds is 5. The van der Waals surface area contributed by atoms with E-state index in [0.29, 0.717) is 0 Å². The molecule has 0 aromatic heterocycles. The number of hydrazine groups is 2. The molecule has 0 fully saturated rings. The van der Waals surface area contributed by atoms with Gasteiger partial charge >= 0.3 is 6.18 Å². The van der Waals surface area contributed by atoms with Gasteiger partial charge < -0.3 is 9.29 Å². The molecular weight excluding hydrogens is 375 g/mol. The number of benzene rings is 1. The predicted molar refractivity (Wildman–Crippen MR) is 88.6 cm³/mol. The fourth-order valence-electron chi connectivity index (χ4n) is 2.17. The number of hydrogen-bond acceptors (Lipinski definition) is 7. The molecule has 0 bridgehead atoms. The SMILES string of the molecule is CC[S+]([O-])c1c(OCC(F)(F)F)ccc(C(=O)NC2=NNNN2C)c1C. The van der Waals surface area contributed by atoms with Crippen LogP contribution in [0.3, 0.4) is 0 Å². The number of hydrazone groups is 1. The van der Waals surface area contributed by atoms with Gasteiger partial charge in [0.15, 0.2) is 17.3 Å². The number of alkyl halides is 3. The highest BCUT2D eigenvalue weighted by Gasteiger charge is 2.31. The third-order valence-corrected chi connectivity index (χ3v) is 4.91. The van der Waals surface area contributed by atoms with Crippen LogP contribution in [0, 0.1) is 6.92 Å². The molecule has 1 aromatic rings. The van der Waals surface area contributed by atoms with Crippen LogP contribution >= 0.6 is 0 Å². The number of hydrogen-bond donors (Lipinski definition) is 3. The van der Waals surface area contributed by atoms with Crippen LogP contribution in [0.5, 0.6) is 5.75 Å². The minimum absolute atomic E-state index is 0.0716. The molecule has 0 saturated heterocycles. The van der Waals surface area contributed by atoms with Crippen molar-refractivity contribution in [2.45, 2.75) is 24.9 Å². The number of nitrogens with one attached hydrogen (secondary N) is 3. The summed E-state index contributed by atoms with van der Waals surface area (Å²) in [5.41, 5.74) is 5.49. The Bertz CT molecular complexity index is 714. The maximum Gasteiger partial charge on any atom is 0.422 e. The third-order valence-electron chi connectivity index (χ3n) is 3.42. The summed E-state index contributed by atoms with van der Waals surface area (Å²) in [4.78, 5) is 12.5. The summed E-state index contributed by atoms with van der Waals surface area (Å²) >= 11 is -1.62. The molecule has 8 nitrogen and oxygen atoms in total. The van der Waals surface area contributed by atoms with Crippen LogP contribution < -0.4 is 21.1 Å². The Morgan fingerprint density at radius 3 is 2.69 bits per heavy atom. The normalized spacial score (nSPS) is 15.3. The van der Waals surface area contributed by atoms with E-state index in [4.69, 9.17) is 4.74 Å². The van der Waals surface area contributed by atoms with Crippen molar-refractivity contribution in [1.82, 2.24) is 21.4 Å². The molecule has 1 heterocycles. The number of carbonyl (C=O) groups is 1. The molecule has 1 aromatic carbocycles. The summed E-state index contributed by atoms with van der Waals surface area (Å²) < 4.78 is 54.4. The van der Waals surface area contributed by atoms with Crippen molar-refractivity contribution in [3.8, 4) is 5.75 Å². The van der Waals surface area contributed by atoms with E-state index >= 15 is 0 Å². The van der Waals surface area contributed by atoms with Crippen molar-refractivity contribution in [3.63, 3.8) is 0 Å². The molecule has 26 heavy (non-hydrogen) atoms. The summed E-state index contributed by atoms with van der Waals surface area (Å²) in [7, 11) is 1.61. The summed E-state index contributed by atoms with van der Waals surface area (Å²) in [6, 6.07) is 2.54. The molecule has 2 rings (SSSR count). The van der Waals surface area contributed by atoms with Crippen LogP contribution in [0.25, 0.3) is 0 Å². The fraction of sp³-hybridized carbons (Fsp3) is 0.429. The van der Waals surface area contributed by atoms with E-state index in [9.17, 15) is 22.5 Å². The van der Waals surface area contributed by atoms with E-state index in [1.54, 1.807) is 14.0 Å². The first kappa shape index (κ1) is 20.1. The van der Waals surface area contributed by atoms with Crippen LogP contribution in [0.15, 0.2) is 22.1 Å². The van der Waals surface area contributed by atoms with Crippen LogP contribution in [0.4, 0.5) is 13.2 Å². The lowest BCUT2D eigenvalue weighted by Gasteiger charge is -2.19. The summed E-state index contributed by atoms with van der Waals surface area (Å²) in [6.45, 7) is 1.62. The molecule has 0 spiro atoms. The average molecular weight is 393 g/mol. The first-order valence-corrected chi connectivity index (χ1v) is 8.81. The lowest BCUT2D eigenvalue weighted by Crippen LogP contribution is -2.45. The molecule has 0 aliphatic carbocycles. The van der Waals surface area contributed by atoms with Gasteiger partial charge in [-0.1, -0.05) is 0 Å². The van der Waals surface area contributed by atoms with Gasteiger partial charge in [0.2, 0.25) is 5.96 Å². The Kier molecular flexibility index (Phi) is 6.21. The van der Waals surface area contributed by atoms with Gasteiger partial charge in [-0.3, -0.25) is 15.1 Å². The van der Waals surface area contributed by atoms with Crippen molar-refractivity contribution < 1.29 is 27.3 Å². The van der Waals surface area contributed by atoms with Crippen LogP contribution in [0.1, 0.15) is 22.8 Å². The standard InChI is InChI=1S/C14H18F3N5O3S/c1-4-26(24)11-8(2)9(5-6-10(11)25-7-14(15,16)17)12(23)18-13-19-20-21-22(13)3/h5-6,20-21H,4,7H2,1-3H3,(H,18,19,23). The van der Waals surface area contributed by atoms with Crippen molar-refractivity contribution >= 4 is 23.0 Å². The molecule has 1 aliphatic heterocycles. The van der Waals surface area contributed by atoms with Gasteiger partial charge in [0.05, 0.1) is 0 Å². The first-order chi connectivity index (χ1) is 12.1. The summed E-state index contributed by atoms with van der Waals surface area (Å²) in [5.74, 6) is -0.340. The lowest BCUT2D eigenvalue weighted by molar-refractivity contribution is -0.153. The third kappa shape index (κ3) is 4.71. The van der Waals surface area contributed by atoms with Gasteiger partial charge in [0, 0.05) is 18.2 Å². The Hall–Kier alpha value is -2.18. The fourth-order valence-corrected chi connectivity index (χ4v) is 3.27. The summed E-state index contributed by atoms with van der Waals surface area (Å²) in [5, 5.41) is 7.75. The van der Waals surface area contributed by atoms with Crippen molar-refractivity contribution in [1.29, 1.82) is 0 Å². The average Bonchev–Trinajstić information content (AvgIpc) is 2.96. The minimum Gasteiger partial charge on any atom is -0.611 e. The van der Waals surface area contributed by atoms with Crippen molar-refractivity contribution in [3.05, 3.63) is 23.3 Å². The lowest BCUT2D eigenvalue weighted by atomic mass is 10.1. The minimum atomic E-state index is -4.53. The molecule has 1 amide bonds. The summed E-state index contributed by atoms with van der Waals surface area (Å²) in [6.07, 6.45) is -4.53. The number of guanidine groups is 1. The van der Waals surface area contributed by atoms with Gasteiger partial charge in [-0.05, 0) is 37.2 Å². The zero-order chi connectivity index (χ0) is 19.5. The van der Waals surface area contributed by atoms with Crippen LogP contribution in [0.2, 0.25) is 0 Å². The number of amides is 1. The number of halogens is 3. The topological polar surface area (TPSA) is 101 Å². The van der Waals surface area contributed by atoms with Gasteiger partial charge in [-0.15, -0.1) is 10.6 Å². The zero-order valence-corrected chi connectivity index (χ0v) is 15.0. The number of ether oxygens (including phenoxy) is 1. The molecule has 12 heteroatoms.